The zero-order valence-electron chi connectivity index (χ0n) is 17.2. The predicted molar refractivity (Wildman–Crippen MR) is 112 cm³/mol. The molecule has 5 nitrogen and oxygen atoms in total. The smallest absolute Gasteiger partial charge is 0.250 e. The fraction of sp³-hybridized carbons (Fsp3) is 0.292. The van der Waals surface area contributed by atoms with Gasteiger partial charge < -0.3 is 18.9 Å². The Labute approximate surface area is 170 Å². The third-order valence-electron chi connectivity index (χ3n) is 6.41. The summed E-state index contributed by atoms with van der Waals surface area (Å²) in [7, 11) is 2.09. The minimum atomic E-state index is -0.0703. The molecule has 3 heterocycles. The maximum atomic E-state index is 13.2. The first-order valence-electron chi connectivity index (χ1n) is 9.88. The van der Waals surface area contributed by atoms with Crippen molar-refractivity contribution in [3.8, 4) is 11.5 Å². The van der Waals surface area contributed by atoms with Crippen LogP contribution in [0.15, 0.2) is 53.6 Å². The average molecular weight is 388 g/mol. The lowest BCUT2D eigenvalue weighted by Crippen LogP contribution is -2.30. The van der Waals surface area contributed by atoms with Crippen molar-refractivity contribution >= 4 is 16.8 Å². The topological polar surface area (TPSA) is 43.7 Å². The minimum Gasteiger partial charge on any atom is -0.454 e. The van der Waals surface area contributed by atoms with Crippen LogP contribution < -0.4 is 9.47 Å². The number of aromatic nitrogens is 1. The molecule has 5 heteroatoms. The van der Waals surface area contributed by atoms with Crippen LogP contribution in [-0.4, -0.2) is 22.2 Å². The summed E-state index contributed by atoms with van der Waals surface area (Å²) in [6.07, 6.45) is 0. The summed E-state index contributed by atoms with van der Waals surface area (Å²) < 4.78 is 13.2. The van der Waals surface area contributed by atoms with Crippen molar-refractivity contribution in [1.82, 2.24) is 9.47 Å². The number of nitrogens with zero attached hydrogens (tertiary/aromatic N) is 2. The molecule has 0 spiro atoms. The Morgan fingerprint density at radius 3 is 2.62 bits per heavy atom. The highest BCUT2D eigenvalue weighted by Crippen LogP contribution is 2.44. The number of aryl methyl sites for hydroxylation is 1. The summed E-state index contributed by atoms with van der Waals surface area (Å²) in [5, 5.41) is 1.20. The molecule has 0 saturated heterocycles. The van der Waals surface area contributed by atoms with E-state index in [9.17, 15) is 4.79 Å². The predicted octanol–water partition coefficient (Wildman–Crippen LogP) is 4.64. The molecule has 1 atom stereocenters. The van der Waals surface area contributed by atoms with Crippen LogP contribution in [0.4, 0.5) is 0 Å². The largest absolute Gasteiger partial charge is 0.454 e. The van der Waals surface area contributed by atoms with Crippen LogP contribution in [0.5, 0.6) is 11.5 Å². The van der Waals surface area contributed by atoms with Gasteiger partial charge in [-0.15, -0.1) is 0 Å². The Kier molecular flexibility index (Phi) is 3.95. The molecule has 0 aliphatic carbocycles. The zero-order valence-corrected chi connectivity index (χ0v) is 17.2. The van der Waals surface area contributed by atoms with Crippen molar-refractivity contribution < 1.29 is 14.3 Å². The van der Waals surface area contributed by atoms with E-state index in [4.69, 9.17) is 9.47 Å². The van der Waals surface area contributed by atoms with E-state index in [1.807, 2.05) is 30.0 Å². The lowest BCUT2D eigenvalue weighted by Gasteiger charge is -2.27. The maximum absolute atomic E-state index is 13.2. The Morgan fingerprint density at radius 2 is 1.79 bits per heavy atom. The van der Waals surface area contributed by atoms with Gasteiger partial charge in [0.05, 0.1) is 6.04 Å². The average Bonchev–Trinajstić information content (AvgIpc) is 3.35. The maximum Gasteiger partial charge on any atom is 0.250 e. The van der Waals surface area contributed by atoms with Gasteiger partial charge in [-0.2, -0.15) is 0 Å². The van der Waals surface area contributed by atoms with Crippen LogP contribution in [-0.2, 0) is 18.4 Å². The van der Waals surface area contributed by atoms with E-state index in [1.165, 1.54) is 22.2 Å². The van der Waals surface area contributed by atoms with Crippen LogP contribution in [0.2, 0.25) is 0 Å². The van der Waals surface area contributed by atoms with E-state index in [0.717, 1.165) is 28.2 Å². The van der Waals surface area contributed by atoms with Gasteiger partial charge in [0.1, 0.15) is 0 Å². The molecule has 0 saturated carbocycles. The third kappa shape index (κ3) is 2.57. The molecule has 5 rings (SSSR count). The Hall–Kier alpha value is -3.21. The number of para-hydroxylation sites is 1. The van der Waals surface area contributed by atoms with Crippen molar-refractivity contribution in [2.75, 3.05) is 6.79 Å². The molecule has 29 heavy (non-hydrogen) atoms. The van der Waals surface area contributed by atoms with E-state index < -0.39 is 0 Å². The highest BCUT2D eigenvalue weighted by atomic mass is 16.7. The van der Waals surface area contributed by atoms with Crippen molar-refractivity contribution in [2.45, 2.75) is 33.4 Å². The number of hydrogen-bond donors (Lipinski definition) is 0. The molecule has 0 unspecified atom stereocenters. The molecular weight excluding hydrogens is 364 g/mol. The summed E-state index contributed by atoms with van der Waals surface area (Å²) in [6.45, 7) is 6.93. The zero-order chi connectivity index (χ0) is 20.3. The summed E-state index contributed by atoms with van der Waals surface area (Å²) in [5.74, 6) is 1.60. The number of amides is 1. The van der Waals surface area contributed by atoms with Gasteiger partial charge in [-0.05, 0) is 50.1 Å². The second-order valence-corrected chi connectivity index (χ2v) is 7.91. The fourth-order valence-electron chi connectivity index (χ4n) is 4.61. The Bertz CT molecular complexity index is 1190. The quantitative estimate of drug-likeness (QED) is 0.657. The first kappa shape index (κ1) is 17.9. The molecular formula is C24H24N2O3. The first-order valence-corrected chi connectivity index (χ1v) is 9.88. The number of ether oxygens (including phenoxy) is 2. The molecule has 2 aliphatic heterocycles. The molecule has 3 aromatic rings. The number of rotatable bonds is 3. The normalized spacial score (nSPS) is 18.4. The van der Waals surface area contributed by atoms with Gasteiger partial charge in [0.15, 0.2) is 11.5 Å². The van der Waals surface area contributed by atoms with Gasteiger partial charge >= 0.3 is 0 Å². The fourth-order valence-corrected chi connectivity index (χ4v) is 4.61. The second kappa shape index (κ2) is 6.41. The summed E-state index contributed by atoms with van der Waals surface area (Å²) in [5.41, 5.74) is 6.58. The molecule has 1 amide bonds. The van der Waals surface area contributed by atoms with E-state index in [2.05, 4.69) is 49.7 Å². The van der Waals surface area contributed by atoms with Crippen LogP contribution >= 0.6 is 0 Å². The number of fused-ring (bicyclic) bond motifs is 2. The SMILES string of the molecule is CC1=C(C)[C@H](c2c(C)n(C)c3ccccc23)N(Cc2ccc3c(c2)OCO3)C1=O. The van der Waals surface area contributed by atoms with Gasteiger partial charge in [-0.1, -0.05) is 24.3 Å². The van der Waals surface area contributed by atoms with Crippen molar-refractivity contribution in [3.05, 3.63) is 70.4 Å². The van der Waals surface area contributed by atoms with Crippen LogP contribution in [0, 0.1) is 6.92 Å². The lowest BCUT2D eigenvalue weighted by atomic mass is 9.96. The number of hydrogen-bond acceptors (Lipinski definition) is 3. The molecule has 2 aliphatic rings. The van der Waals surface area contributed by atoms with Crippen molar-refractivity contribution in [1.29, 1.82) is 0 Å². The molecule has 0 fully saturated rings. The van der Waals surface area contributed by atoms with Gasteiger partial charge in [0.25, 0.3) is 5.91 Å². The second-order valence-electron chi connectivity index (χ2n) is 7.91. The van der Waals surface area contributed by atoms with E-state index in [-0.39, 0.29) is 18.7 Å². The van der Waals surface area contributed by atoms with E-state index in [0.29, 0.717) is 6.54 Å². The molecule has 0 radical (unpaired) electrons. The third-order valence-corrected chi connectivity index (χ3v) is 6.41. The highest BCUT2D eigenvalue weighted by molar-refractivity contribution is 5.98. The van der Waals surface area contributed by atoms with Crippen molar-refractivity contribution in [3.63, 3.8) is 0 Å². The Morgan fingerprint density at radius 1 is 1.03 bits per heavy atom. The van der Waals surface area contributed by atoms with Gasteiger partial charge in [-0.3, -0.25) is 4.79 Å². The molecule has 2 aromatic carbocycles. The van der Waals surface area contributed by atoms with Crippen LogP contribution in [0.3, 0.4) is 0 Å². The van der Waals surface area contributed by atoms with Crippen LogP contribution in [0.25, 0.3) is 10.9 Å². The summed E-state index contributed by atoms with van der Waals surface area (Å²) >= 11 is 0. The molecule has 0 bridgehead atoms. The Balaban J connectivity index is 1.61. The summed E-state index contributed by atoms with van der Waals surface area (Å²) in [6, 6.07) is 14.3. The standard InChI is InChI=1S/C24H24N2O3/c1-14-15(2)24(27)26(12-17-9-10-20-21(11-17)29-13-28-20)23(14)22-16(3)25(4)19-8-6-5-7-18(19)22/h5-11,23H,12-13H2,1-4H3/t23-/m1/s1. The first-order chi connectivity index (χ1) is 14.0. The van der Waals surface area contributed by atoms with Gasteiger partial charge in [0.2, 0.25) is 6.79 Å². The minimum absolute atomic E-state index is 0.0703. The molecule has 148 valence electrons. The van der Waals surface area contributed by atoms with Gasteiger partial charge in [0, 0.05) is 41.3 Å². The lowest BCUT2D eigenvalue weighted by molar-refractivity contribution is -0.127. The van der Waals surface area contributed by atoms with Crippen LogP contribution in [0.1, 0.15) is 36.7 Å². The number of carbonyl (C=O) groups is 1. The monoisotopic (exact) mass is 388 g/mol. The van der Waals surface area contributed by atoms with E-state index in [1.54, 1.807) is 0 Å². The molecule has 0 N–H and O–H groups in total. The number of carbonyl (C=O) groups excluding carboxylic acids is 1. The van der Waals surface area contributed by atoms with E-state index >= 15 is 0 Å². The number of benzene rings is 2. The molecule has 1 aromatic heterocycles. The highest BCUT2D eigenvalue weighted by Gasteiger charge is 2.38. The van der Waals surface area contributed by atoms with Crippen molar-refractivity contribution in [2.24, 2.45) is 7.05 Å². The summed E-state index contributed by atoms with van der Waals surface area (Å²) in [4.78, 5) is 15.2. The van der Waals surface area contributed by atoms with Gasteiger partial charge in [-0.25, -0.2) is 0 Å².